The van der Waals surface area contributed by atoms with Crippen LogP contribution in [0, 0.1) is 0 Å². The number of benzene rings is 2. The molecule has 0 saturated heterocycles. The molecule has 2 rings (SSSR count). The second-order valence-electron chi connectivity index (χ2n) is 6.88. The molecule has 0 unspecified atom stereocenters. The summed E-state index contributed by atoms with van der Waals surface area (Å²) in [6, 6.07) is 11.4. The summed E-state index contributed by atoms with van der Waals surface area (Å²) in [5, 5.41) is 2.88. The number of nitrogens with one attached hydrogen (secondary N) is 1. The van der Waals surface area contributed by atoms with Gasteiger partial charge in [0.15, 0.2) is 0 Å². The molecule has 0 aliphatic heterocycles. The number of carbonyl (C=O) groups excluding carboxylic acids is 1. The molecule has 0 heterocycles. The molecule has 4 nitrogen and oxygen atoms in total. The number of halogens is 1. The number of amides is 1. The van der Waals surface area contributed by atoms with Crippen LogP contribution in [0.5, 0.6) is 11.5 Å². The summed E-state index contributed by atoms with van der Waals surface area (Å²) in [6.07, 6.45) is 3.19. The topological polar surface area (TPSA) is 47.6 Å². The maximum Gasteiger partial charge on any atom is 0.248 e. The standard InChI is InChI=1S/C21H24BrNO3/c1-21(2,3)15-8-10-18(17(22)12-15)23-20(24)11-7-14-6-9-16(25-4)13-19(14)26-5/h6-13H,1-5H3,(H,23,24)/b11-7+. The van der Waals surface area contributed by atoms with Gasteiger partial charge in [0, 0.05) is 22.2 Å². The predicted molar refractivity (Wildman–Crippen MR) is 110 cm³/mol. The average molecular weight is 418 g/mol. The van der Waals surface area contributed by atoms with Crippen molar-refractivity contribution in [2.24, 2.45) is 0 Å². The van der Waals surface area contributed by atoms with Crippen molar-refractivity contribution in [1.29, 1.82) is 0 Å². The van der Waals surface area contributed by atoms with Crippen LogP contribution in [0.4, 0.5) is 5.69 Å². The first-order valence-corrected chi connectivity index (χ1v) is 9.05. The van der Waals surface area contributed by atoms with Crippen molar-refractivity contribution in [2.75, 3.05) is 19.5 Å². The highest BCUT2D eigenvalue weighted by molar-refractivity contribution is 9.10. The number of anilines is 1. The molecule has 2 aromatic rings. The largest absolute Gasteiger partial charge is 0.497 e. The molecule has 0 fully saturated rings. The molecule has 2 aromatic carbocycles. The van der Waals surface area contributed by atoms with Crippen LogP contribution in [0.25, 0.3) is 6.08 Å². The summed E-state index contributed by atoms with van der Waals surface area (Å²) in [5.74, 6) is 1.13. The van der Waals surface area contributed by atoms with Crippen molar-refractivity contribution >= 4 is 33.6 Å². The Labute approximate surface area is 163 Å². The number of methoxy groups -OCH3 is 2. The van der Waals surface area contributed by atoms with Gasteiger partial charge in [0.1, 0.15) is 11.5 Å². The zero-order valence-corrected chi connectivity index (χ0v) is 17.3. The highest BCUT2D eigenvalue weighted by atomic mass is 79.9. The van der Waals surface area contributed by atoms with Gasteiger partial charge >= 0.3 is 0 Å². The van der Waals surface area contributed by atoms with Gasteiger partial charge in [-0.25, -0.2) is 0 Å². The van der Waals surface area contributed by atoms with Gasteiger partial charge in [-0.2, -0.15) is 0 Å². The number of hydrogen-bond acceptors (Lipinski definition) is 3. The van der Waals surface area contributed by atoms with Crippen LogP contribution in [0.15, 0.2) is 46.9 Å². The van der Waals surface area contributed by atoms with Gasteiger partial charge in [-0.05, 0) is 57.2 Å². The van der Waals surface area contributed by atoms with Crippen molar-refractivity contribution < 1.29 is 14.3 Å². The highest BCUT2D eigenvalue weighted by Crippen LogP contribution is 2.30. The molecule has 26 heavy (non-hydrogen) atoms. The maximum atomic E-state index is 12.3. The summed E-state index contributed by atoms with van der Waals surface area (Å²) < 4.78 is 11.4. The third-order valence-electron chi connectivity index (χ3n) is 3.95. The third-order valence-corrected chi connectivity index (χ3v) is 4.60. The van der Waals surface area contributed by atoms with Gasteiger partial charge in [-0.3, -0.25) is 4.79 Å². The SMILES string of the molecule is COc1ccc(/C=C/C(=O)Nc2ccc(C(C)(C)C)cc2Br)c(OC)c1. The lowest BCUT2D eigenvalue weighted by Gasteiger charge is -2.20. The van der Waals surface area contributed by atoms with E-state index in [9.17, 15) is 4.79 Å². The van der Waals surface area contributed by atoms with Crippen LogP contribution >= 0.6 is 15.9 Å². The molecule has 0 saturated carbocycles. The molecule has 0 aliphatic rings. The summed E-state index contributed by atoms with van der Waals surface area (Å²) >= 11 is 3.53. The Balaban J connectivity index is 2.13. The molecule has 0 aliphatic carbocycles. The van der Waals surface area contributed by atoms with Crippen molar-refractivity contribution in [2.45, 2.75) is 26.2 Å². The molecule has 0 spiro atoms. The lowest BCUT2D eigenvalue weighted by Crippen LogP contribution is -2.12. The Bertz CT molecular complexity index is 822. The van der Waals surface area contributed by atoms with Crippen molar-refractivity contribution in [3.05, 3.63) is 58.1 Å². The first kappa shape index (κ1) is 20.0. The first-order valence-electron chi connectivity index (χ1n) is 8.25. The van der Waals surface area contributed by atoms with E-state index >= 15 is 0 Å². The van der Waals surface area contributed by atoms with E-state index < -0.39 is 0 Å². The average Bonchev–Trinajstić information content (AvgIpc) is 2.60. The van der Waals surface area contributed by atoms with E-state index in [-0.39, 0.29) is 11.3 Å². The quantitative estimate of drug-likeness (QED) is 0.660. The Morgan fingerprint density at radius 2 is 1.81 bits per heavy atom. The number of ether oxygens (including phenoxy) is 2. The molecule has 5 heteroatoms. The fourth-order valence-corrected chi connectivity index (χ4v) is 2.86. The molecule has 1 amide bonds. The minimum Gasteiger partial charge on any atom is -0.497 e. The Hall–Kier alpha value is -2.27. The molecule has 138 valence electrons. The number of carbonyl (C=O) groups is 1. The fraction of sp³-hybridized carbons (Fsp3) is 0.286. The van der Waals surface area contributed by atoms with E-state index in [2.05, 4.69) is 42.0 Å². The predicted octanol–water partition coefficient (Wildman–Crippen LogP) is 5.42. The molecular formula is C21H24BrNO3. The zero-order valence-electron chi connectivity index (χ0n) is 15.7. The van der Waals surface area contributed by atoms with Crippen LogP contribution in [0.2, 0.25) is 0 Å². The van der Waals surface area contributed by atoms with E-state index in [4.69, 9.17) is 9.47 Å². The van der Waals surface area contributed by atoms with Crippen LogP contribution in [0.1, 0.15) is 31.9 Å². The minimum absolute atomic E-state index is 0.0515. The maximum absolute atomic E-state index is 12.3. The Kier molecular flexibility index (Phi) is 6.48. The smallest absolute Gasteiger partial charge is 0.248 e. The molecule has 0 radical (unpaired) electrons. The highest BCUT2D eigenvalue weighted by Gasteiger charge is 2.15. The second kappa shape index (κ2) is 8.41. The summed E-state index contributed by atoms with van der Waals surface area (Å²) in [5.41, 5.74) is 2.77. The van der Waals surface area contributed by atoms with Gasteiger partial charge in [0.05, 0.1) is 19.9 Å². The number of rotatable bonds is 5. The van der Waals surface area contributed by atoms with Crippen LogP contribution in [-0.2, 0) is 10.2 Å². The van der Waals surface area contributed by atoms with E-state index in [1.807, 2.05) is 30.3 Å². The van der Waals surface area contributed by atoms with Crippen LogP contribution in [-0.4, -0.2) is 20.1 Å². The molecular weight excluding hydrogens is 394 g/mol. The minimum atomic E-state index is -0.216. The van der Waals surface area contributed by atoms with Gasteiger partial charge in [0.2, 0.25) is 5.91 Å². The first-order chi connectivity index (χ1) is 12.2. The molecule has 0 atom stereocenters. The van der Waals surface area contributed by atoms with Crippen molar-refractivity contribution in [1.82, 2.24) is 0 Å². The van der Waals surface area contributed by atoms with Gasteiger partial charge in [0.25, 0.3) is 0 Å². The van der Waals surface area contributed by atoms with Gasteiger partial charge < -0.3 is 14.8 Å². The molecule has 0 aromatic heterocycles. The van der Waals surface area contributed by atoms with Crippen LogP contribution in [0.3, 0.4) is 0 Å². The van der Waals surface area contributed by atoms with Gasteiger partial charge in [-0.15, -0.1) is 0 Å². The van der Waals surface area contributed by atoms with Crippen LogP contribution < -0.4 is 14.8 Å². The summed E-state index contributed by atoms with van der Waals surface area (Å²) in [7, 11) is 3.18. The lowest BCUT2D eigenvalue weighted by molar-refractivity contribution is -0.111. The molecule has 0 bridgehead atoms. The zero-order chi connectivity index (χ0) is 19.3. The fourth-order valence-electron chi connectivity index (χ4n) is 2.38. The van der Waals surface area contributed by atoms with E-state index in [1.54, 1.807) is 26.4 Å². The molecule has 1 N–H and O–H groups in total. The van der Waals surface area contributed by atoms with E-state index in [0.29, 0.717) is 11.5 Å². The summed E-state index contributed by atoms with van der Waals surface area (Å²) in [4.78, 5) is 12.3. The van der Waals surface area contributed by atoms with Crippen molar-refractivity contribution in [3.63, 3.8) is 0 Å². The van der Waals surface area contributed by atoms with E-state index in [1.165, 1.54) is 11.6 Å². The van der Waals surface area contributed by atoms with E-state index in [0.717, 1.165) is 15.7 Å². The Morgan fingerprint density at radius 1 is 1.08 bits per heavy atom. The number of hydrogen-bond donors (Lipinski definition) is 1. The normalized spacial score (nSPS) is 11.5. The lowest BCUT2D eigenvalue weighted by atomic mass is 9.87. The second-order valence-corrected chi connectivity index (χ2v) is 7.73. The monoisotopic (exact) mass is 417 g/mol. The summed E-state index contributed by atoms with van der Waals surface area (Å²) in [6.45, 7) is 6.45. The van der Waals surface area contributed by atoms with Crippen molar-refractivity contribution in [3.8, 4) is 11.5 Å². The van der Waals surface area contributed by atoms with Gasteiger partial charge in [-0.1, -0.05) is 26.8 Å². The Morgan fingerprint density at radius 3 is 2.38 bits per heavy atom. The third kappa shape index (κ3) is 5.11.